The highest BCUT2D eigenvalue weighted by Gasteiger charge is 2.21. The lowest BCUT2D eigenvalue weighted by atomic mass is 10.2. The van der Waals surface area contributed by atoms with Gasteiger partial charge in [-0.25, -0.2) is 14.1 Å². The van der Waals surface area contributed by atoms with Crippen molar-refractivity contribution in [2.45, 2.75) is 13.5 Å². The molecule has 8 heteroatoms. The second kappa shape index (κ2) is 7.75. The number of aryl methyl sites for hydroxylation is 1. The van der Waals surface area contributed by atoms with Gasteiger partial charge >= 0.3 is 0 Å². The third-order valence-electron chi connectivity index (χ3n) is 4.03. The summed E-state index contributed by atoms with van der Waals surface area (Å²) in [5, 5.41) is 7.35. The molecule has 0 saturated heterocycles. The van der Waals surface area contributed by atoms with Gasteiger partial charge in [-0.3, -0.25) is 4.79 Å². The molecular weight excluding hydrogens is 369 g/mol. The van der Waals surface area contributed by atoms with Crippen LogP contribution in [0.25, 0.3) is 5.69 Å². The van der Waals surface area contributed by atoms with Crippen LogP contribution in [0.5, 0.6) is 0 Å². The van der Waals surface area contributed by atoms with Crippen molar-refractivity contribution in [3.8, 4) is 5.69 Å². The van der Waals surface area contributed by atoms with E-state index in [9.17, 15) is 9.18 Å². The topological polar surface area (TPSA) is 63.1 Å². The van der Waals surface area contributed by atoms with Gasteiger partial charge in [-0.2, -0.15) is 5.10 Å². The van der Waals surface area contributed by atoms with Crippen LogP contribution in [-0.2, 0) is 6.54 Å². The van der Waals surface area contributed by atoms with Gasteiger partial charge in [0.2, 0.25) is 0 Å². The highest BCUT2D eigenvalue weighted by molar-refractivity contribution is 6.33. The minimum Gasteiger partial charge on any atom is -0.362 e. The number of rotatable bonds is 5. The first-order valence-electron chi connectivity index (χ1n) is 8.29. The third kappa shape index (κ3) is 3.93. The number of nitrogens with one attached hydrogen (secondary N) is 1. The van der Waals surface area contributed by atoms with Gasteiger partial charge in [0, 0.05) is 32.4 Å². The number of carbonyl (C=O) groups is 1. The van der Waals surface area contributed by atoms with Crippen molar-refractivity contribution in [1.82, 2.24) is 20.1 Å². The van der Waals surface area contributed by atoms with Crippen molar-refractivity contribution in [1.29, 1.82) is 0 Å². The van der Waals surface area contributed by atoms with Crippen molar-refractivity contribution in [2.75, 3.05) is 19.0 Å². The molecule has 1 N–H and O–H groups in total. The maximum atomic E-state index is 13.1. The lowest BCUT2D eigenvalue weighted by molar-refractivity contribution is 0.0950. The molecule has 3 aromatic rings. The van der Waals surface area contributed by atoms with Gasteiger partial charge in [-0.05, 0) is 37.3 Å². The second-order valence-corrected chi connectivity index (χ2v) is 6.56. The number of benzene rings is 1. The number of pyridine rings is 1. The number of aromatic nitrogens is 3. The first kappa shape index (κ1) is 18.8. The molecule has 2 heterocycles. The average molecular weight is 388 g/mol. The molecule has 1 amide bonds. The van der Waals surface area contributed by atoms with Crippen molar-refractivity contribution < 1.29 is 9.18 Å². The van der Waals surface area contributed by atoms with Crippen LogP contribution in [0.4, 0.5) is 10.2 Å². The standard InChI is InChI=1S/C19H19ClFN5O/c1-12-16(17(20)26(24-12)15-8-6-14(21)7-9-15)19(27)23-11-13-5-4-10-22-18(13)25(2)3/h4-10H,11H2,1-3H3,(H,23,27). The van der Waals surface area contributed by atoms with Crippen LogP contribution >= 0.6 is 11.6 Å². The zero-order valence-corrected chi connectivity index (χ0v) is 16.0. The summed E-state index contributed by atoms with van der Waals surface area (Å²) in [4.78, 5) is 18.9. The summed E-state index contributed by atoms with van der Waals surface area (Å²) in [5.41, 5.74) is 2.23. The van der Waals surface area contributed by atoms with Gasteiger partial charge in [-0.1, -0.05) is 17.7 Å². The quantitative estimate of drug-likeness (QED) is 0.729. The van der Waals surface area contributed by atoms with E-state index in [1.165, 1.54) is 16.8 Å². The zero-order chi connectivity index (χ0) is 19.6. The summed E-state index contributed by atoms with van der Waals surface area (Å²) in [6.45, 7) is 2.01. The summed E-state index contributed by atoms with van der Waals surface area (Å²) in [6, 6.07) is 9.45. The van der Waals surface area contributed by atoms with Crippen LogP contribution < -0.4 is 10.2 Å². The highest BCUT2D eigenvalue weighted by atomic mass is 35.5. The van der Waals surface area contributed by atoms with Crippen LogP contribution in [0, 0.1) is 12.7 Å². The Labute approximate surface area is 161 Å². The monoisotopic (exact) mass is 387 g/mol. The molecule has 0 unspecified atom stereocenters. The molecular formula is C19H19ClFN5O. The first-order valence-corrected chi connectivity index (χ1v) is 8.66. The summed E-state index contributed by atoms with van der Waals surface area (Å²) in [6.07, 6.45) is 1.70. The predicted octanol–water partition coefficient (Wildman–Crippen LogP) is 3.36. The fraction of sp³-hybridized carbons (Fsp3) is 0.211. The van der Waals surface area contributed by atoms with Crippen LogP contribution in [0.2, 0.25) is 5.15 Å². The Morgan fingerprint density at radius 3 is 2.63 bits per heavy atom. The molecule has 2 aromatic heterocycles. The number of carbonyl (C=O) groups excluding carboxylic acids is 1. The van der Waals surface area contributed by atoms with Crippen molar-refractivity contribution >= 4 is 23.3 Å². The summed E-state index contributed by atoms with van der Waals surface area (Å²) in [5.74, 6) is 0.0898. The van der Waals surface area contributed by atoms with Crippen molar-refractivity contribution in [3.05, 3.63) is 70.4 Å². The average Bonchev–Trinajstić information content (AvgIpc) is 2.95. The Bertz CT molecular complexity index is 969. The minimum absolute atomic E-state index is 0.177. The molecule has 0 radical (unpaired) electrons. The molecule has 0 bridgehead atoms. The smallest absolute Gasteiger partial charge is 0.256 e. The summed E-state index contributed by atoms with van der Waals surface area (Å²) in [7, 11) is 3.78. The molecule has 3 rings (SSSR count). The number of nitrogens with zero attached hydrogens (tertiary/aromatic N) is 4. The van der Waals surface area contributed by atoms with Crippen molar-refractivity contribution in [3.63, 3.8) is 0 Å². The maximum Gasteiger partial charge on any atom is 0.256 e. The van der Waals surface area contributed by atoms with Gasteiger partial charge in [-0.15, -0.1) is 0 Å². The van der Waals surface area contributed by atoms with Gasteiger partial charge in [0.1, 0.15) is 16.8 Å². The molecule has 0 aliphatic heterocycles. The zero-order valence-electron chi connectivity index (χ0n) is 15.2. The van der Waals surface area contributed by atoms with Crippen LogP contribution in [0.3, 0.4) is 0 Å². The third-order valence-corrected chi connectivity index (χ3v) is 4.38. The molecule has 6 nitrogen and oxygen atoms in total. The Hall–Kier alpha value is -2.93. The number of hydrogen-bond donors (Lipinski definition) is 1. The second-order valence-electron chi connectivity index (χ2n) is 6.20. The Balaban J connectivity index is 1.83. The number of halogens is 2. The van der Waals surface area contributed by atoms with E-state index < -0.39 is 0 Å². The Kier molecular flexibility index (Phi) is 5.41. The summed E-state index contributed by atoms with van der Waals surface area (Å²) < 4.78 is 14.5. The van der Waals surface area contributed by atoms with E-state index in [4.69, 9.17) is 11.6 Å². The molecule has 0 fully saturated rings. The van der Waals surface area contributed by atoms with E-state index in [2.05, 4.69) is 15.4 Å². The van der Waals surface area contributed by atoms with Crippen molar-refractivity contribution in [2.24, 2.45) is 0 Å². The van der Waals surface area contributed by atoms with Crippen LogP contribution in [0.15, 0.2) is 42.6 Å². The largest absolute Gasteiger partial charge is 0.362 e. The highest BCUT2D eigenvalue weighted by Crippen LogP contribution is 2.24. The molecule has 0 aliphatic rings. The van der Waals surface area contributed by atoms with Crippen LogP contribution in [-0.4, -0.2) is 34.8 Å². The molecule has 0 aliphatic carbocycles. The number of hydrogen-bond acceptors (Lipinski definition) is 4. The maximum absolute atomic E-state index is 13.1. The van der Waals surface area contributed by atoms with Gasteiger partial charge in [0.05, 0.1) is 16.9 Å². The van der Waals surface area contributed by atoms with E-state index in [1.807, 2.05) is 31.1 Å². The lowest BCUT2D eigenvalue weighted by Crippen LogP contribution is -2.25. The van der Waals surface area contributed by atoms with Gasteiger partial charge < -0.3 is 10.2 Å². The lowest BCUT2D eigenvalue weighted by Gasteiger charge is -2.16. The Morgan fingerprint density at radius 1 is 1.26 bits per heavy atom. The fourth-order valence-electron chi connectivity index (χ4n) is 2.75. The van der Waals surface area contributed by atoms with E-state index in [0.29, 0.717) is 17.9 Å². The Morgan fingerprint density at radius 2 is 1.96 bits per heavy atom. The fourth-order valence-corrected chi connectivity index (χ4v) is 3.10. The van der Waals surface area contributed by atoms with E-state index in [1.54, 1.807) is 25.3 Å². The summed E-state index contributed by atoms with van der Waals surface area (Å²) >= 11 is 6.39. The number of anilines is 1. The molecule has 1 aromatic carbocycles. The first-order chi connectivity index (χ1) is 12.9. The molecule has 0 spiro atoms. The minimum atomic E-state index is -0.357. The van der Waals surface area contributed by atoms with Gasteiger partial charge in [0.25, 0.3) is 5.91 Å². The SMILES string of the molecule is Cc1nn(-c2ccc(F)cc2)c(Cl)c1C(=O)NCc1cccnc1N(C)C. The van der Waals surface area contributed by atoms with E-state index in [0.717, 1.165) is 11.4 Å². The predicted molar refractivity (Wildman–Crippen MR) is 103 cm³/mol. The molecule has 0 atom stereocenters. The molecule has 140 valence electrons. The number of amides is 1. The van der Waals surface area contributed by atoms with Gasteiger partial charge in [0.15, 0.2) is 0 Å². The molecule has 0 saturated carbocycles. The van der Waals surface area contributed by atoms with Crippen LogP contribution in [0.1, 0.15) is 21.6 Å². The molecule has 27 heavy (non-hydrogen) atoms. The van der Waals surface area contributed by atoms with E-state index >= 15 is 0 Å². The normalized spacial score (nSPS) is 10.7. The van der Waals surface area contributed by atoms with E-state index in [-0.39, 0.29) is 22.4 Å².